The largest absolute Gasteiger partial charge is 0.397 e. The Balaban J connectivity index is 1.78. The van der Waals surface area contributed by atoms with Crippen LogP contribution in [-0.2, 0) is 4.79 Å². The summed E-state index contributed by atoms with van der Waals surface area (Å²) in [6.45, 7) is 0. The molecule has 0 saturated heterocycles. The van der Waals surface area contributed by atoms with E-state index in [0.717, 1.165) is 12.3 Å². The van der Waals surface area contributed by atoms with Gasteiger partial charge < -0.3 is 5.73 Å². The van der Waals surface area contributed by atoms with Crippen LogP contribution in [0.2, 0.25) is 0 Å². The highest BCUT2D eigenvalue weighted by molar-refractivity contribution is 5.91. The highest BCUT2D eigenvalue weighted by Gasteiger charge is 2.18. The minimum absolute atomic E-state index is 0.131. The number of anilines is 2. The van der Waals surface area contributed by atoms with Crippen LogP contribution in [0.4, 0.5) is 11.5 Å². The quantitative estimate of drug-likeness (QED) is 0.870. The van der Waals surface area contributed by atoms with Gasteiger partial charge in [0.25, 0.3) is 0 Å². The molecule has 1 aromatic rings. The summed E-state index contributed by atoms with van der Waals surface area (Å²) in [7, 11) is 1.77. The van der Waals surface area contributed by atoms with Crippen molar-refractivity contribution in [2.45, 2.75) is 38.5 Å². The molecule has 1 heterocycles. The predicted molar refractivity (Wildman–Crippen MR) is 73.3 cm³/mol. The fraction of sp³-hybridized carbons (Fsp3) is 0.571. The molecule has 2 N–H and O–H groups in total. The third kappa shape index (κ3) is 3.22. The number of amides is 1. The summed E-state index contributed by atoms with van der Waals surface area (Å²) in [5, 5.41) is 0. The van der Waals surface area contributed by atoms with Crippen molar-refractivity contribution < 1.29 is 4.79 Å². The molecule has 1 aliphatic rings. The van der Waals surface area contributed by atoms with Gasteiger partial charge in [-0.2, -0.15) is 0 Å². The van der Waals surface area contributed by atoms with Crippen LogP contribution in [0.25, 0.3) is 0 Å². The summed E-state index contributed by atoms with van der Waals surface area (Å²) >= 11 is 0. The number of carbonyl (C=O) groups is 1. The third-order valence-electron chi connectivity index (χ3n) is 3.72. The average Bonchev–Trinajstić information content (AvgIpc) is 2.32. The zero-order valence-corrected chi connectivity index (χ0v) is 10.9. The number of aromatic nitrogens is 1. The SMILES string of the molecule is CN(C(=O)CCCC1CCC1)c1ccc(N)cn1. The second-order valence-electron chi connectivity index (χ2n) is 5.09. The molecule has 4 nitrogen and oxygen atoms in total. The molecule has 1 fully saturated rings. The molecular formula is C14H21N3O. The zero-order valence-electron chi connectivity index (χ0n) is 10.9. The Hall–Kier alpha value is -1.58. The molecule has 4 heteroatoms. The van der Waals surface area contributed by atoms with Crippen molar-refractivity contribution in [3.63, 3.8) is 0 Å². The molecule has 0 aliphatic heterocycles. The standard InChI is InChI=1S/C14H21N3O/c1-17(13-9-8-12(15)10-16-13)14(18)7-3-6-11-4-2-5-11/h8-11H,2-7,15H2,1H3. The summed E-state index contributed by atoms with van der Waals surface area (Å²) in [6.07, 6.45) is 8.44. The van der Waals surface area contributed by atoms with Crippen molar-refractivity contribution in [2.75, 3.05) is 17.7 Å². The van der Waals surface area contributed by atoms with Gasteiger partial charge in [-0.1, -0.05) is 19.3 Å². The van der Waals surface area contributed by atoms with E-state index in [0.29, 0.717) is 17.9 Å². The summed E-state index contributed by atoms with van der Waals surface area (Å²) in [6, 6.07) is 3.54. The van der Waals surface area contributed by atoms with Crippen LogP contribution in [0, 0.1) is 5.92 Å². The van der Waals surface area contributed by atoms with Crippen LogP contribution >= 0.6 is 0 Å². The molecule has 98 valence electrons. The number of carbonyl (C=O) groups excluding carboxylic acids is 1. The molecule has 1 saturated carbocycles. The number of hydrogen-bond donors (Lipinski definition) is 1. The smallest absolute Gasteiger partial charge is 0.227 e. The third-order valence-corrected chi connectivity index (χ3v) is 3.72. The molecule has 1 aliphatic carbocycles. The van der Waals surface area contributed by atoms with Crippen molar-refractivity contribution in [1.82, 2.24) is 4.98 Å². The highest BCUT2D eigenvalue weighted by atomic mass is 16.2. The van der Waals surface area contributed by atoms with E-state index in [9.17, 15) is 4.79 Å². The number of pyridine rings is 1. The Labute approximate surface area is 108 Å². The van der Waals surface area contributed by atoms with Gasteiger partial charge in [-0.3, -0.25) is 9.69 Å². The first-order valence-electron chi connectivity index (χ1n) is 6.65. The Kier molecular flexibility index (Phi) is 4.18. The maximum atomic E-state index is 12.0. The van der Waals surface area contributed by atoms with Gasteiger partial charge in [-0.25, -0.2) is 4.98 Å². The lowest BCUT2D eigenvalue weighted by atomic mass is 9.82. The molecule has 1 aromatic heterocycles. The lowest BCUT2D eigenvalue weighted by Crippen LogP contribution is -2.27. The first kappa shape index (κ1) is 12.9. The first-order chi connectivity index (χ1) is 8.66. The highest BCUT2D eigenvalue weighted by Crippen LogP contribution is 2.30. The van der Waals surface area contributed by atoms with Gasteiger partial charge in [0.15, 0.2) is 0 Å². The number of nitrogens with zero attached hydrogens (tertiary/aromatic N) is 2. The van der Waals surface area contributed by atoms with E-state index in [2.05, 4.69) is 4.98 Å². The lowest BCUT2D eigenvalue weighted by Gasteiger charge is -2.25. The van der Waals surface area contributed by atoms with Gasteiger partial charge >= 0.3 is 0 Å². The average molecular weight is 247 g/mol. The number of nitrogens with two attached hydrogens (primary N) is 1. The molecule has 0 unspecified atom stereocenters. The van der Waals surface area contributed by atoms with Crippen LogP contribution in [0.5, 0.6) is 0 Å². The van der Waals surface area contributed by atoms with E-state index in [1.807, 2.05) is 0 Å². The van der Waals surface area contributed by atoms with Gasteiger partial charge in [-0.05, 0) is 30.9 Å². The van der Waals surface area contributed by atoms with Gasteiger partial charge in [-0.15, -0.1) is 0 Å². The van der Waals surface area contributed by atoms with E-state index in [1.54, 1.807) is 30.3 Å². The van der Waals surface area contributed by atoms with E-state index in [4.69, 9.17) is 5.73 Å². The maximum Gasteiger partial charge on any atom is 0.227 e. The van der Waals surface area contributed by atoms with Crippen LogP contribution in [0.1, 0.15) is 38.5 Å². The molecule has 0 bridgehead atoms. The fourth-order valence-corrected chi connectivity index (χ4v) is 2.21. The van der Waals surface area contributed by atoms with Gasteiger partial charge in [0.1, 0.15) is 5.82 Å². The molecule has 0 aromatic carbocycles. The van der Waals surface area contributed by atoms with Crippen LogP contribution in [0.3, 0.4) is 0 Å². The zero-order chi connectivity index (χ0) is 13.0. The second-order valence-corrected chi connectivity index (χ2v) is 5.09. The van der Waals surface area contributed by atoms with Crippen molar-refractivity contribution in [2.24, 2.45) is 5.92 Å². The van der Waals surface area contributed by atoms with Crippen molar-refractivity contribution >= 4 is 17.4 Å². The Morgan fingerprint density at radius 3 is 2.83 bits per heavy atom. The molecule has 0 atom stereocenters. The second kappa shape index (κ2) is 5.85. The van der Waals surface area contributed by atoms with Crippen molar-refractivity contribution in [1.29, 1.82) is 0 Å². The number of hydrogen-bond acceptors (Lipinski definition) is 3. The minimum Gasteiger partial charge on any atom is -0.397 e. The van der Waals surface area contributed by atoms with E-state index in [-0.39, 0.29) is 5.91 Å². The van der Waals surface area contributed by atoms with Crippen molar-refractivity contribution in [3.05, 3.63) is 18.3 Å². The maximum absolute atomic E-state index is 12.0. The molecular weight excluding hydrogens is 226 g/mol. The van der Waals surface area contributed by atoms with E-state index >= 15 is 0 Å². The summed E-state index contributed by atoms with van der Waals surface area (Å²) < 4.78 is 0. The number of rotatable bonds is 5. The number of nitrogen functional groups attached to an aromatic ring is 1. The predicted octanol–water partition coefficient (Wildman–Crippen LogP) is 2.60. The van der Waals surface area contributed by atoms with Gasteiger partial charge in [0.2, 0.25) is 5.91 Å². The monoisotopic (exact) mass is 247 g/mol. The van der Waals surface area contributed by atoms with E-state index < -0.39 is 0 Å². The molecule has 0 spiro atoms. The Bertz CT molecular complexity index is 398. The van der Waals surface area contributed by atoms with E-state index in [1.165, 1.54) is 25.7 Å². The van der Waals surface area contributed by atoms with Gasteiger partial charge in [0.05, 0.1) is 11.9 Å². The first-order valence-corrected chi connectivity index (χ1v) is 6.65. The van der Waals surface area contributed by atoms with Crippen LogP contribution in [-0.4, -0.2) is 17.9 Å². The summed E-state index contributed by atoms with van der Waals surface area (Å²) in [5.41, 5.74) is 6.19. The topological polar surface area (TPSA) is 59.2 Å². The van der Waals surface area contributed by atoms with Gasteiger partial charge in [0, 0.05) is 13.5 Å². The molecule has 1 amide bonds. The summed E-state index contributed by atoms with van der Waals surface area (Å²) in [4.78, 5) is 17.7. The van der Waals surface area contributed by atoms with Crippen molar-refractivity contribution in [3.8, 4) is 0 Å². The lowest BCUT2D eigenvalue weighted by molar-refractivity contribution is -0.118. The Morgan fingerprint density at radius 2 is 2.28 bits per heavy atom. The summed E-state index contributed by atoms with van der Waals surface area (Å²) in [5.74, 6) is 1.67. The van der Waals surface area contributed by atoms with Crippen LogP contribution < -0.4 is 10.6 Å². The normalized spacial score (nSPS) is 15.2. The molecule has 18 heavy (non-hydrogen) atoms. The Morgan fingerprint density at radius 1 is 1.50 bits per heavy atom. The molecule has 0 radical (unpaired) electrons. The van der Waals surface area contributed by atoms with Crippen LogP contribution in [0.15, 0.2) is 18.3 Å². The minimum atomic E-state index is 0.131. The molecule has 2 rings (SSSR count). The fourth-order valence-electron chi connectivity index (χ4n) is 2.21.